The summed E-state index contributed by atoms with van der Waals surface area (Å²) in [6.45, 7) is 2.69. The lowest BCUT2D eigenvalue weighted by molar-refractivity contribution is -0.129. The van der Waals surface area contributed by atoms with Crippen LogP contribution in [0.1, 0.15) is 30.7 Å². The smallest absolute Gasteiger partial charge is 0.225 e. The summed E-state index contributed by atoms with van der Waals surface area (Å²) in [7, 11) is 0. The molecule has 3 rings (SSSR count). The van der Waals surface area contributed by atoms with Crippen LogP contribution >= 0.6 is 11.6 Å². The summed E-state index contributed by atoms with van der Waals surface area (Å²) >= 11 is 6.16. The van der Waals surface area contributed by atoms with E-state index >= 15 is 0 Å². The monoisotopic (exact) mass is 346 g/mol. The van der Waals surface area contributed by atoms with Gasteiger partial charge < -0.3 is 14.6 Å². The van der Waals surface area contributed by atoms with E-state index in [1.165, 1.54) is 0 Å². The van der Waals surface area contributed by atoms with Gasteiger partial charge in [0.1, 0.15) is 5.76 Å². The summed E-state index contributed by atoms with van der Waals surface area (Å²) in [5, 5.41) is 3.57. The van der Waals surface area contributed by atoms with Gasteiger partial charge >= 0.3 is 0 Å². The van der Waals surface area contributed by atoms with E-state index in [4.69, 9.17) is 16.0 Å². The molecule has 1 saturated heterocycles. The van der Waals surface area contributed by atoms with Crippen molar-refractivity contribution in [2.75, 3.05) is 6.54 Å². The van der Waals surface area contributed by atoms with Crippen molar-refractivity contribution in [3.8, 4) is 0 Å². The fourth-order valence-electron chi connectivity index (χ4n) is 2.93. The molecule has 0 saturated carbocycles. The zero-order valence-corrected chi connectivity index (χ0v) is 14.1. The maximum Gasteiger partial charge on any atom is 0.225 e. The Hall–Kier alpha value is -2.27. The molecule has 1 aromatic heterocycles. The second kappa shape index (κ2) is 7.09. The van der Waals surface area contributed by atoms with Crippen LogP contribution in [0.4, 0.5) is 0 Å². The minimum absolute atomic E-state index is 0.0306. The van der Waals surface area contributed by atoms with Crippen LogP contribution in [0, 0.1) is 5.92 Å². The molecule has 2 heterocycles. The Balaban J connectivity index is 1.60. The fourth-order valence-corrected chi connectivity index (χ4v) is 3.23. The van der Waals surface area contributed by atoms with Crippen LogP contribution < -0.4 is 5.32 Å². The molecule has 1 fully saturated rings. The first-order chi connectivity index (χ1) is 11.5. The van der Waals surface area contributed by atoms with Gasteiger partial charge in [-0.3, -0.25) is 9.59 Å². The average molecular weight is 347 g/mol. The minimum atomic E-state index is -0.350. The number of nitrogens with zero attached hydrogens (tertiary/aromatic N) is 1. The van der Waals surface area contributed by atoms with Gasteiger partial charge in [-0.05, 0) is 30.7 Å². The molecule has 1 aliphatic heterocycles. The Bertz CT molecular complexity index is 730. The number of halogens is 1. The number of amides is 2. The normalized spacial score (nSPS) is 18.7. The molecule has 5 nitrogen and oxygen atoms in total. The quantitative estimate of drug-likeness (QED) is 0.904. The molecule has 1 N–H and O–H groups in total. The maximum absolute atomic E-state index is 12.5. The van der Waals surface area contributed by atoms with Gasteiger partial charge in [0.05, 0.1) is 24.8 Å². The molecule has 2 aromatic rings. The number of furan rings is 1. The molecule has 1 aromatic carbocycles. The maximum atomic E-state index is 12.5. The number of hydrogen-bond acceptors (Lipinski definition) is 3. The van der Waals surface area contributed by atoms with Crippen molar-refractivity contribution in [1.82, 2.24) is 10.2 Å². The molecule has 24 heavy (non-hydrogen) atoms. The highest BCUT2D eigenvalue weighted by atomic mass is 35.5. The number of hydrogen-bond donors (Lipinski definition) is 1. The van der Waals surface area contributed by atoms with E-state index in [1.807, 2.05) is 31.2 Å². The predicted molar refractivity (Wildman–Crippen MR) is 90.2 cm³/mol. The number of rotatable bonds is 5. The van der Waals surface area contributed by atoms with E-state index < -0.39 is 0 Å². The van der Waals surface area contributed by atoms with Crippen molar-refractivity contribution in [1.29, 1.82) is 0 Å². The molecule has 2 unspecified atom stereocenters. The first-order valence-corrected chi connectivity index (χ1v) is 8.27. The molecule has 2 atom stereocenters. The molecule has 6 heteroatoms. The SMILES string of the molecule is CC(NC(=O)C1CC(=O)N(Cc2ccco2)C1)c1ccccc1Cl. The second-order valence-electron chi connectivity index (χ2n) is 6.01. The van der Waals surface area contributed by atoms with E-state index in [9.17, 15) is 9.59 Å². The van der Waals surface area contributed by atoms with E-state index in [2.05, 4.69) is 5.32 Å². The van der Waals surface area contributed by atoms with Gasteiger partial charge in [-0.2, -0.15) is 0 Å². The highest BCUT2D eigenvalue weighted by Crippen LogP contribution is 2.25. The van der Waals surface area contributed by atoms with Crippen LogP contribution in [0.2, 0.25) is 5.02 Å². The van der Waals surface area contributed by atoms with Crippen molar-refractivity contribution in [3.63, 3.8) is 0 Å². The summed E-state index contributed by atoms with van der Waals surface area (Å²) in [5.74, 6) is 0.209. The topological polar surface area (TPSA) is 62.6 Å². The van der Waals surface area contributed by atoms with E-state index in [1.54, 1.807) is 23.3 Å². The van der Waals surface area contributed by atoms with Crippen molar-refractivity contribution in [2.24, 2.45) is 5.92 Å². The van der Waals surface area contributed by atoms with Crippen LogP contribution in [0.3, 0.4) is 0 Å². The summed E-state index contributed by atoms with van der Waals surface area (Å²) in [4.78, 5) is 26.2. The lowest BCUT2D eigenvalue weighted by Crippen LogP contribution is -2.34. The molecule has 2 amide bonds. The van der Waals surface area contributed by atoms with Gasteiger partial charge in [0.2, 0.25) is 11.8 Å². The second-order valence-corrected chi connectivity index (χ2v) is 6.41. The highest BCUT2D eigenvalue weighted by Gasteiger charge is 2.35. The van der Waals surface area contributed by atoms with E-state index in [0.29, 0.717) is 23.9 Å². The van der Waals surface area contributed by atoms with Crippen LogP contribution in [0.15, 0.2) is 47.1 Å². The van der Waals surface area contributed by atoms with Crippen LogP contribution in [-0.4, -0.2) is 23.3 Å². The summed E-state index contributed by atoms with van der Waals surface area (Å²) in [6, 6.07) is 10.8. The highest BCUT2D eigenvalue weighted by molar-refractivity contribution is 6.31. The van der Waals surface area contributed by atoms with Crippen molar-refractivity contribution in [3.05, 3.63) is 59.0 Å². The Labute approximate surface area is 145 Å². The van der Waals surface area contributed by atoms with Gasteiger partial charge in [0, 0.05) is 18.0 Å². The van der Waals surface area contributed by atoms with E-state index in [0.717, 1.165) is 5.56 Å². The van der Waals surface area contributed by atoms with Crippen LogP contribution in [-0.2, 0) is 16.1 Å². The molecule has 1 aliphatic rings. The molecular formula is C18H19ClN2O3. The van der Waals surface area contributed by atoms with Crippen LogP contribution in [0.25, 0.3) is 0 Å². The molecule has 126 valence electrons. The Kier molecular flexibility index (Phi) is 4.90. The zero-order valence-electron chi connectivity index (χ0n) is 13.4. The standard InChI is InChI=1S/C18H19ClN2O3/c1-12(15-6-2-3-7-16(15)19)20-18(23)13-9-17(22)21(10-13)11-14-5-4-8-24-14/h2-8,12-13H,9-11H2,1H3,(H,20,23). The van der Waals surface area contributed by atoms with Gasteiger partial charge in [0.25, 0.3) is 0 Å². The first-order valence-electron chi connectivity index (χ1n) is 7.89. The minimum Gasteiger partial charge on any atom is -0.467 e. The third kappa shape index (κ3) is 3.62. The fraction of sp³-hybridized carbons (Fsp3) is 0.333. The van der Waals surface area contributed by atoms with Crippen LogP contribution in [0.5, 0.6) is 0 Å². The molecule has 0 radical (unpaired) electrons. The molecule has 0 bridgehead atoms. The summed E-state index contributed by atoms with van der Waals surface area (Å²) < 4.78 is 5.27. The Morgan fingerprint density at radius 1 is 1.38 bits per heavy atom. The predicted octanol–water partition coefficient (Wildman–Crippen LogP) is 3.16. The Morgan fingerprint density at radius 2 is 2.17 bits per heavy atom. The zero-order chi connectivity index (χ0) is 17.1. The van der Waals surface area contributed by atoms with Gasteiger partial charge in [-0.1, -0.05) is 29.8 Å². The molecular weight excluding hydrogens is 328 g/mol. The lowest BCUT2D eigenvalue weighted by atomic mass is 10.0. The lowest BCUT2D eigenvalue weighted by Gasteiger charge is -2.19. The Morgan fingerprint density at radius 3 is 2.88 bits per heavy atom. The number of nitrogens with one attached hydrogen (secondary N) is 1. The van der Waals surface area contributed by atoms with E-state index in [-0.39, 0.29) is 30.2 Å². The van der Waals surface area contributed by atoms with Crippen molar-refractivity contribution >= 4 is 23.4 Å². The van der Waals surface area contributed by atoms with Crippen molar-refractivity contribution < 1.29 is 14.0 Å². The number of benzene rings is 1. The van der Waals surface area contributed by atoms with Gasteiger partial charge in [0.15, 0.2) is 0 Å². The third-order valence-electron chi connectivity index (χ3n) is 4.24. The largest absolute Gasteiger partial charge is 0.467 e. The summed E-state index contributed by atoms with van der Waals surface area (Å²) in [6.07, 6.45) is 1.80. The van der Waals surface area contributed by atoms with Crippen molar-refractivity contribution in [2.45, 2.75) is 25.9 Å². The summed E-state index contributed by atoms with van der Waals surface area (Å²) in [5.41, 5.74) is 0.865. The van der Waals surface area contributed by atoms with Gasteiger partial charge in [-0.15, -0.1) is 0 Å². The number of carbonyl (C=O) groups is 2. The molecule has 0 spiro atoms. The number of carbonyl (C=O) groups excluding carboxylic acids is 2. The van der Waals surface area contributed by atoms with Gasteiger partial charge in [-0.25, -0.2) is 0 Å². The first kappa shape index (κ1) is 16.6. The average Bonchev–Trinajstić information content (AvgIpc) is 3.18. The molecule has 0 aliphatic carbocycles. The number of likely N-dealkylation sites (tertiary alicyclic amines) is 1. The third-order valence-corrected chi connectivity index (χ3v) is 4.59.